The van der Waals surface area contributed by atoms with Gasteiger partial charge in [-0.3, -0.25) is 0 Å². The molecule has 0 spiro atoms. The summed E-state index contributed by atoms with van der Waals surface area (Å²) < 4.78 is 17.8. The van der Waals surface area contributed by atoms with E-state index in [1.807, 2.05) is 24.3 Å². The molecular weight excluding hydrogens is 496 g/mol. The number of carbonyl (C=O) groups is 1. The maximum Gasteiger partial charge on any atom is 0.343 e. The molecule has 0 aliphatic carbocycles. The summed E-state index contributed by atoms with van der Waals surface area (Å²) >= 11 is 3.56. The topological polar surface area (TPSA) is 94.6 Å². The number of esters is 1. The Bertz CT molecular complexity index is 1290. The fourth-order valence-electron chi connectivity index (χ4n) is 3.64. The first-order valence-electron chi connectivity index (χ1n) is 10.8. The number of nitrogens with zero attached hydrogens (tertiary/aromatic N) is 1. The highest BCUT2D eigenvalue weighted by molar-refractivity contribution is 9.10. The average Bonchev–Trinajstić information content (AvgIpc) is 2.82. The van der Waals surface area contributed by atoms with Gasteiger partial charge in [0.2, 0.25) is 5.88 Å². The lowest BCUT2D eigenvalue weighted by Gasteiger charge is -2.27. The van der Waals surface area contributed by atoms with Crippen molar-refractivity contribution in [2.24, 2.45) is 11.7 Å². The van der Waals surface area contributed by atoms with Crippen molar-refractivity contribution in [1.29, 1.82) is 5.26 Å². The Kier molecular flexibility index (Phi) is 6.90. The molecule has 0 fully saturated rings. The summed E-state index contributed by atoms with van der Waals surface area (Å²) in [6, 6.07) is 21.7. The van der Waals surface area contributed by atoms with Crippen LogP contribution in [0.1, 0.15) is 41.3 Å². The highest BCUT2D eigenvalue weighted by atomic mass is 79.9. The molecular formula is C27H23BrN2O4. The van der Waals surface area contributed by atoms with E-state index in [4.69, 9.17) is 19.9 Å². The van der Waals surface area contributed by atoms with Crippen LogP contribution in [-0.4, -0.2) is 12.6 Å². The molecule has 4 rings (SSSR count). The highest BCUT2D eigenvalue weighted by Crippen LogP contribution is 2.45. The Balaban J connectivity index is 1.58. The van der Waals surface area contributed by atoms with E-state index in [2.05, 4.69) is 35.8 Å². The van der Waals surface area contributed by atoms with Gasteiger partial charge in [-0.15, -0.1) is 0 Å². The Labute approximate surface area is 206 Å². The monoisotopic (exact) mass is 518 g/mol. The molecule has 3 aromatic rings. The number of halogens is 1. The zero-order chi connectivity index (χ0) is 24.2. The minimum Gasteiger partial charge on any atom is -0.493 e. The summed E-state index contributed by atoms with van der Waals surface area (Å²) in [6.07, 6.45) is 0. The fourth-order valence-corrected chi connectivity index (χ4v) is 4.16. The zero-order valence-corrected chi connectivity index (χ0v) is 20.3. The number of fused-ring (bicyclic) bond motifs is 1. The number of ether oxygens (including phenoxy) is 3. The van der Waals surface area contributed by atoms with Crippen LogP contribution in [0.5, 0.6) is 17.2 Å². The van der Waals surface area contributed by atoms with Crippen LogP contribution in [0.4, 0.5) is 0 Å². The van der Waals surface area contributed by atoms with E-state index in [1.54, 1.807) is 42.5 Å². The number of rotatable bonds is 6. The first-order valence-corrected chi connectivity index (χ1v) is 11.6. The van der Waals surface area contributed by atoms with E-state index in [9.17, 15) is 10.1 Å². The smallest absolute Gasteiger partial charge is 0.343 e. The summed E-state index contributed by atoms with van der Waals surface area (Å²) in [5.41, 5.74) is 8.44. The maximum absolute atomic E-state index is 12.7. The molecule has 0 radical (unpaired) electrons. The van der Waals surface area contributed by atoms with Gasteiger partial charge in [0.05, 0.1) is 18.1 Å². The quantitative estimate of drug-likeness (QED) is 0.321. The van der Waals surface area contributed by atoms with Crippen LogP contribution < -0.4 is 19.9 Å². The van der Waals surface area contributed by atoms with Crippen LogP contribution >= 0.6 is 15.9 Å². The summed E-state index contributed by atoms with van der Waals surface area (Å²) in [4.78, 5) is 12.7. The molecule has 34 heavy (non-hydrogen) atoms. The van der Waals surface area contributed by atoms with E-state index < -0.39 is 11.9 Å². The standard InChI is InChI=1S/C27H23BrN2O4/c1-16(2)15-32-18-9-7-17(8-10-18)27(31)33-19-11-12-21-24(13-19)34-26(30)22(14-29)25(21)20-5-3-4-6-23(20)28/h3-13,16,25H,15,30H2,1-2H3. The zero-order valence-electron chi connectivity index (χ0n) is 18.7. The summed E-state index contributed by atoms with van der Waals surface area (Å²) in [5, 5.41) is 9.73. The molecule has 1 aliphatic heterocycles. The van der Waals surface area contributed by atoms with Crippen molar-refractivity contribution in [2.45, 2.75) is 19.8 Å². The Morgan fingerprint density at radius 1 is 1.09 bits per heavy atom. The van der Waals surface area contributed by atoms with Crippen molar-refractivity contribution in [3.05, 3.63) is 99.3 Å². The van der Waals surface area contributed by atoms with Gasteiger partial charge in [-0.25, -0.2) is 4.79 Å². The molecule has 0 bridgehead atoms. The van der Waals surface area contributed by atoms with Crippen LogP contribution in [0.2, 0.25) is 0 Å². The van der Waals surface area contributed by atoms with Crippen LogP contribution in [0, 0.1) is 17.2 Å². The van der Waals surface area contributed by atoms with E-state index in [1.165, 1.54) is 0 Å². The molecule has 7 heteroatoms. The van der Waals surface area contributed by atoms with Crippen LogP contribution in [0.3, 0.4) is 0 Å². The second-order valence-electron chi connectivity index (χ2n) is 8.26. The van der Waals surface area contributed by atoms with Crippen molar-refractivity contribution in [3.8, 4) is 23.3 Å². The molecule has 0 saturated heterocycles. The van der Waals surface area contributed by atoms with Crippen molar-refractivity contribution in [3.63, 3.8) is 0 Å². The average molecular weight is 519 g/mol. The van der Waals surface area contributed by atoms with E-state index >= 15 is 0 Å². The van der Waals surface area contributed by atoms with E-state index in [-0.39, 0.29) is 5.88 Å². The molecule has 2 N–H and O–H groups in total. The fraction of sp³-hybridized carbons (Fsp3) is 0.185. The van der Waals surface area contributed by atoms with Gasteiger partial charge in [-0.05, 0) is 47.9 Å². The number of nitrogens with two attached hydrogens (primary N) is 1. The third kappa shape index (κ3) is 4.92. The second kappa shape index (κ2) is 10.0. The summed E-state index contributed by atoms with van der Waals surface area (Å²) in [6.45, 7) is 4.74. The number of carbonyl (C=O) groups excluding carboxylic acids is 1. The molecule has 0 amide bonds. The van der Waals surface area contributed by atoms with E-state index in [0.29, 0.717) is 40.9 Å². The van der Waals surface area contributed by atoms with Gasteiger partial charge in [0, 0.05) is 16.1 Å². The van der Waals surface area contributed by atoms with Gasteiger partial charge in [-0.1, -0.05) is 54.0 Å². The lowest BCUT2D eigenvalue weighted by atomic mass is 9.83. The Morgan fingerprint density at radius 3 is 2.47 bits per heavy atom. The second-order valence-corrected chi connectivity index (χ2v) is 9.12. The lowest BCUT2D eigenvalue weighted by Crippen LogP contribution is -2.21. The molecule has 1 atom stereocenters. The molecule has 1 aliphatic rings. The summed E-state index contributed by atoms with van der Waals surface area (Å²) in [7, 11) is 0. The van der Waals surface area contributed by atoms with Gasteiger partial charge in [0.25, 0.3) is 0 Å². The van der Waals surface area contributed by atoms with Gasteiger partial charge in [0.15, 0.2) is 0 Å². The van der Waals surface area contributed by atoms with Crippen LogP contribution in [-0.2, 0) is 0 Å². The van der Waals surface area contributed by atoms with Gasteiger partial charge < -0.3 is 19.9 Å². The molecule has 3 aromatic carbocycles. The lowest BCUT2D eigenvalue weighted by molar-refractivity contribution is 0.0734. The minimum absolute atomic E-state index is 0.0243. The normalized spacial score (nSPS) is 14.7. The number of hydrogen-bond donors (Lipinski definition) is 1. The van der Waals surface area contributed by atoms with Crippen LogP contribution in [0.25, 0.3) is 0 Å². The highest BCUT2D eigenvalue weighted by Gasteiger charge is 2.32. The minimum atomic E-state index is -0.505. The van der Waals surface area contributed by atoms with Gasteiger partial charge in [-0.2, -0.15) is 5.26 Å². The number of hydrogen-bond acceptors (Lipinski definition) is 6. The molecule has 1 heterocycles. The van der Waals surface area contributed by atoms with Crippen molar-refractivity contribution in [1.82, 2.24) is 0 Å². The molecule has 6 nitrogen and oxygen atoms in total. The SMILES string of the molecule is CC(C)COc1ccc(C(=O)Oc2ccc3c(c2)OC(N)=C(C#N)C3c2ccccc2Br)cc1. The van der Waals surface area contributed by atoms with Gasteiger partial charge in [0.1, 0.15) is 28.9 Å². The molecule has 0 saturated carbocycles. The number of benzene rings is 3. The predicted octanol–water partition coefficient (Wildman–Crippen LogP) is 5.92. The predicted molar refractivity (Wildman–Crippen MR) is 132 cm³/mol. The first kappa shape index (κ1) is 23.4. The van der Waals surface area contributed by atoms with Crippen molar-refractivity contribution < 1.29 is 19.0 Å². The third-order valence-corrected chi connectivity index (χ3v) is 6.01. The molecule has 0 aromatic heterocycles. The first-order chi connectivity index (χ1) is 16.4. The maximum atomic E-state index is 12.7. The van der Waals surface area contributed by atoms with Crippen molar-refractivity contribution >= 4 is 21.9 Å². The Morgan fingerprint density at radius 2 is 1.79 bits per heavy atom. The number of allylic oxidation sites excluding steroid dienone is 1. The number of nitriles is 1. The summed E-state index contributed by atoms with van der Waals surface area (Å²) in [5.74, 6) is 0.953. The van der Waals surface area contributed by atoms with Crippen molar-refractivity contribution in [2.75, 3.05) is 6.61 Å². The molecule has 172 valence electrons. The van der Waals surface area contributed by atoms with E-state index in [0.717, 1.165) is 15.6 Å². The molecule has 1 unspecified atom stereocenters. The van der Waals surface area contributed by atoms with Gasteiger partial charge >= 0.3 is 5.97 Å². The largest absolute Gasteiger partial charge is 0.493 e. The third-order valence-electron chi connectivity index (χ3n) is 5.29. The Hall–Kier alpha value is -3.76. The van der Waals surface area contributed by atoms with Crippen LogP contribution in [0.15, 0.2) is 82.7 Å².